The Hall–Kier alpha value is -1.07. The van der Waals surface area contributed by atoms with E-state index in [0.29, 0.717) is 5.92 Å². The number of rotatable bonds is 9. The van der Waals surface area contributed by atoms with Crippen LogP contribution in [0.1, 0.15) is 46.5 Å². The van der Waals surface area contributed by atoms with Crippen LogP contribution in [0, 0.1) is 5.92 Å². The van der Waals surface area contributed by atoms with Crippen LogP contribution in [0.3, 0.4) is 0 Å². The molecule has 4 heterocycles. The van der Waals surface area contributed by atoms with Crippen molar-refractivity contribution in [2.24, 2.45) is 5.92 Å². The zero-order valence-corrected chi connectivity index (χ0v) is 30.6. The molecule has 0 aromatic heterocycles. The standard InChI is InChI=1S/C18H34N2O6S.C14H24N2O7/c1-5-6-10-7-11(20(3)8-10)17(25)19-12(9(2)21)16-14(23)13(22)15(24)18(26-16)27-4;1-5-4-6(17)14(20)13(21-5)22-12-10(19)7(15-2)9(18)8(16-3)11(12)23-14/h9-16,18,21-24H,5-8H2,1-4H3,(H,19,25);5,7-13,15-16,18-20H,4H2,1-3H3/t9-,10-,11+,12-,13+,14-,15-,16-,18-;5-,7-,8+,9+,10+,11-,12-,13+,14+/m11/s1. The minimum atomic E-state index is -2.23. The third-order valence-corrected chi connectivity index (χ3v) is 11.4. The monoisotopic (exact) mass is 738 g/mol. The number of likely N-dealkylation sites (N-methyl/N-ethyl adjacent to an activating group) is 3. The number of carbonyl (C=O) groups excluding carboxylic acids is 2. The normalized spacial score (nSPS) is 46.2. The topological polar surface area (TPSA) is 252 Å². The first kappa shape index (κ1) is 41.7. The fourth-order valence-corrected chi connectivity index (χ4v) is 8.50. The number of ether oxygens (including phenoxy) is 4. The molecule has 5 fully saturated rings. The largest absolute Gasteiger partial charge is 0.391 e. The highest BCUT2D eigenvalue weighted by Gasteiger charge is 2.63. The first-order valence-electron chi connectivity index (χ1n) is 17.4. The molecule has 0 bridgehead atoms. The molecule has 18 atom stereocenters. The van der Waals surface area contributed by atoms with Gasteiger partial charge in [-0.05, 0) is 60.0 Å². The Morgan fingerprint density at radius 1 is 1.00 bits per heavy atom. The number of hydrogen-bond donors (Lipinski definition) is 10. The van der Waals surface area contributed by atoms with Crippen molar-refractivity contribution in [2.75, 3.05) is 33.9 Å². The summed E-state index contributed by atoms with van der Waals surface area (Å²) >= 11 is 1.20. The van der Waals surface area contributed by atoms with Gasteiger partial charge in [0, 0.05) is 13.0 Å². The summed E-state index contributed by atoms with van der Waals surface area (Å²) in [6.07, 6.45) is -7.08. The lowest BCUT2D eigenvalue weighted by atomic mass is 9.80. The van der Waals surface area contributed by atoms with E-state index in [4.69, 9.17) is 18.9 Å². The molecule has 0 aromatic rings. The second kappa shape index (κ2) is 17.4. The summed E-state index contributed by atoms with van der Waals surface area (Å²) in [6, 6.07) is -2.49. The minimum Gasteiger partial charge on any atom is -0.391 e. The van der Waals surface area contributed by atoms with Crippen LogP contribution in [0.15, 0.2) is 0 Å². The predicted octanol–water partition coefficient (Wildman–Crippen LogP) is -3.78. The van der Waals surface area contributed by atoms with Gasteiger partial charge in [0.1, 0.15) is 48.2 Å². The Labute approximate surface area is 297 Å². The molecule has 18 heteroatoms. The molecule has 4 aliphatic heterocycles. The summed E-state index contributed by atoms with van der Waals surface area (Å²) < 4.78 is 22.5. The molecule has 10 N–H and O–H groups in total. The molecular weight excluding hydrogens is 680 g/mol. The number of likely N-dealkylation sites (tertiary alicyclic amines) is 1. The molecular formula is C32H58N4O13S. The lowest BCUT2D eigenvalue weighted by Crippen LogP contribution is -2.77. The van der Waals surface area contributed by atoms with Crippen molar-refractivity contribution in [1.29, 1.82) is 0 Å². The molecule has 1 saturated carbocycles. The highest BCUT2D eigenvalue weighted by molar-refractivity contribution is 7.99. The van der Waals surface area contributed by atoms with E-state index < -0.39 is 102 Å². The van der Waals surface area contributed by atoms with Crippen LogP contribution in [0.25, 0.3) is 0 Å². The number of ketones is 1. The van der Waals surface area contributed by atoms with Crippen molar-refractivity contribution in [3.8, 4) is 0 Å². The highest BCUT2D eigenvalue weighted by atomic mass is 32.2. The number of carbonyl (C=O) groups is 2. The number of amides is 1. The van der Waals surface area contributed by atoms with Crippen molar-refractivity contribution >= 4 is 23.5 Å². The molecule has 17 nitrogen and oxygen atoms in total. The molecule has 290 valence electrons. The van der Waals surface area contributed by atoms with Gasteiger partial charge in [-0.2, -0.15) is 0 Å². The SMILES string of the molecule is CCC[C@@H]1C[C@@H](C(=O)N[C@@H]([C@H]2O[C@H](SC)[C@H](O)[C@@H](O)[C@H]2O)[C@@H](C)O)N(C)C1.CN[C@@H]1[C@H](O)[C@H](NC)[C@H]2O[C@@]3(O)C(=O)C[C@@H](C)O[C@H]3O[C@@H]2[C@H]1O. The van der Waals surface area contributed by atoms with Crippen molar-refractivity contribution in [1.82, 2.24) is 20.9 Å². The fraction of sp³-hybridized carbons (Fsp3) is 0.938. The highest BCUT2D eigenvalue weighted by Crippen LogP contribution is 2.40. The first-order valence-corrected chi connectivity index (χ1v) is 18.7. The lowest BCUT2D eigenvalue weighted by Gasteiger charge is -2.55. The number of nitrogens with zero attached hydrogens (tertiary/aromatic N) is 1. The van der Waals surface area contributed by atoms with Crippen LogP contribution in [-0.2, 0) is 28.5 Å². The van der Waals surface area contributed by atoms with E-state index in [1.807, 2.05) is 11.9 Å². The van der Waals surface area contributed by atoms with E-state index in [0.717, 1.165) is 25.8 Å². The summed E-state index contributed by atoms with van der Waals surface area (Å²) in [7, 11) is 5.15. The van der Waals surface area contributed by atoms with Crippen LogP contribution in [0.4, 0.5) is 0 Å². The van der Waals surface area contributed by atoms with Gasteiger partial charge in [-0.1, -0.05) is 13.3 Å². The number of Topliss-reactive ketones (excluding diaryl/α,β-unsaturated/α-hetero) is 1. The van der Waals surface area contributed by atoms with E-state index in [2.05, 4.69) is 22.9 Å². The minimum absolute atomic E-state index is 0.00220. The molecule has 0 radical (unpaired) electrons. The van der Waals surface area contributed by atoms with E-state index in [1.165, 1.54) is 18.7 Å². The van der Waals surface area contributed by atoms with Gasteiger partial charge in [0.05, 0.1) is 42.5 Å². The van der Waals surface area contributed by atoms with Gasteiger partial charge in [-0.3, -0.25) is 14.5 Å². The molecule has 0 spiro atoms. The molecule has 4 saturated heterocycles. The first-order chi connectivity index (χ1) is 23.5. The van der Waals surface area contributed by atoms with Crippen LogP contribution < -0.4 is 16.0 Å². The van der Waals surface area contributed by atoms with Gasteiger partial charge in [0.2, 0.25) is 12.2 Å². The average molecular weight is 739 g/mol. The van der Waals surface area contributed by atoms with E-state index >= 15 is 0 Å². The smallest absolute Gasteiger partial charge is 0.280 e. The maximum atomic E-state index is 12.8. The number of aliphatic hydroxyl groups excluding tert-OH is 6. The maximum Gasteiger partial charge on any atom is 0.280 e. The number of fused-ring (bicyclic) bond motifs is 2. The summed E-state index contributed by atoms with van der Waals surface area (Å²) in [5, 5.41) is 80.8. The molecule has 50 heavy (non-hydrogen) atoms. The Balaban J connectivity index is 0.000000227. The van der Waals surface area contributed by atoms with E-state index in [9.17, 15) is 45.3 Å². The van der Waals surface area contributed by atoms with Crippen molar-refractivity contribution in [2.45, 2.75) is 149 Å². The summed E-state index contributed by atoms with van der Waals surface area (Å²) in [5.74, 6) is -2.52. The van der Waals surface area contributed by atoms with E-state index in [1.54, 1.807) is 27.3 Å². The second-order valence-electron chi connectivity index (χ2n) is 14.2. The lowest BCUT2D eigenvalue weighted by molar-refractivity contribution is -0.420. The van der Waals surface area contributed by atoms with Crippen LogP contribution in [-0.4, -0.2) is 189 Å². The Morgan fingerprint density at radius 3 is 2.24 bits per heavy atom. The van der Waals surface area contributed by atoms with Crippen molar-refractivity contribution < 1.29 is 64.3 Å². The predicted molar refractivity (Wildman–Crippen MR) is 180 cm³/mol. The number of nitrogens with one attached hydrogen (secondary N) is 3. The fourth-order valence-electron chi connectivity index (χ4n) is 7.82. The van der Waals surface area contributed by atoms with Gasteiger partial charge in [-0.25, -0.2) is 0 Å². The van der Waals surface area contributed by atoms with Gasteiger partial charge in [0.15, 0.2) is 5.78 Å². The van der Waals surface area contributed by atoms with Gasteiger partial charge < -0.3 is 70.6 Å². The van der Waals surface area contributed by atoms with Crippen LogP contribution in [0.2, 0.25) is 0 Å². The molecule has 5 aliphatic rings. The molecule has 0 unspecified atom stereocenters. The maximum absolute atomic E-state index is 12.8. The molecule has 1 amide bonds. The summed E-state index contributed by atoms with van der Waals surface area (Å²) in [5.41, 5.74) is -0.755. The summed E-state index contributed by atoms with van der Waals surface area (Å²) in [4.78, 5) is 27.1. The zero-order valence-electron chi connectivity index (χ0n) is 29.8. The number of hydrogen-bond acceptors (Lipinski definition) is 17. The van der Waals surface area contributed by atoms with Crippen molar-refractivity contribution in [3.63, 3.8) is 0 Å². The third-order valence-electron chi connectivity index (χ3n) is 10.6. The molecule has 0 aromatic carbocycles. The quantitative estimate of drug-likeness (QED) is 0.109. The molecule has 1 aliphatic carbocycles. The van der Waals surface area contributed by atoms with Crippen LogP contribution >= 0.6 is 11.8 Å². The molecule has 5 rings (SSSR count). The number of aliphatic hydroxyl groups is 7. The Morgan fingerprint density at radius 2 is 1.66 bits per heavy atom. The summed E-state index contributed by atoms with van der Waals surface area (Å²) in [6.45, 7) is 6.18. The second-order valence-corrected chi connectivity index (χ2v) is 15.1. The van der Waals surface area contributed by atoms with Gasteiger partial charge in [-0.15, -0.1) is 11.8 Å². The van der Waals surface area contributed by atoms with Crippen LogP contribution in [0.5, 0.6) is 0 Å². The number of thioether (sulfide) groups is 1. The third kappa shape index (κ3) is 8.34. The Bertz CT molecular complexity index is 1140. The zero-order chi connectivity index (χ0) is 37.2. The van der Waals surface area contributed by atoms with Gasteiger partial charge >= 0.3 is 0 Å². The Kier molecular flexibility index (Phi) is 14.5. The van der Waals surface area contributed by atoms with Gasteiger partial charge in [0.25, 0.3) is 5.79 Å². The van der Waals surface area contributed by atoms with E-state index in [-0.39, 0.29) is 18.4 Å². The average Bonchev–Trinajstić information content (AvgIpc) is 3.43. The van der Waals surface area contributed by atoms with Crippen molar-refractivity contribution in [3.05, 3.63) is 0 Å².